The highest BCUT2D eigenvalue weighted by Crippen LogP contribution is 2.37. The summed E-state index contributed by atoms with van der Waals surface area (Å²) in [6.45, 7) is 10.8. The first kappa shape index (κ1) is 18.4. The van der Waals surface area contributed by atoms with Gasteiger partial charge in [0.05, 0.1) is 10.6 Å². The molecule has 0 atom stereocenters. The molecule has 0 fully saturated rings. The SMILES string of the molecule is CC(C)(C)C(C)(C)O[B]c1ccc(Cl)c2oc3c4ccccc4ccc3c12. The zero-order valence-corrected chi connectivity index (χ0v) is 17.1. The summed E-state index contributed by atoms with van der Waals surface area (Å²) in [6, 6.07) is 16.3. The van der Waals surface area contributed by atoms with Crippen LogP contribution >= 0.6 is 11.6 Å². The molecule has 4 rings (SSSR count). The topological polar surface area (TPSA) is 22.4 Å². The van der Waals surface area contributed by atoms with Gasteiger partial charge in [0.15, 0.2) is 5.58 Å². The molecule has 0 spiro atoms. The van der Waals surface area contributed by atoms with Crippen molar-refractivity contribution in [3.8, 4) is 0 Å². The van der Waals surface area contributed by atoms with Crippen LogP contribution < -0.4 is 5.46 Å². The van der Waals surface area contributed by atoms with Crippen molar-refractivity contribution < 1.29 is 9.07 Å². The van der Waals surface area contributed by atoms with E-state index in [1.807, 2.05) is 31.7 Å². The van der Waals surface area contributed by atoms with Crippen LogP contribution in [0, 0.1) is 5.41 Å². The van der Waals surface area contributed by atoms with Gasteiger partial charge in [-0.2, -0.15) is 0 Å². The summed E-state index contributed by atoms with van der Waals surface area (Å²) in [5.74, 6) is 0. The van der Waals surface area contributed by atoms with Crippen LogP contribution in [-0.4, -0.2) is 13.1 Å². The number of hydrogen-bond acceptors (Lipinski definition) is 2. The van der Waals surface area contributed by atoms with Crippen molar-refractivity contribution >= 4 is 57.3 Å². The molecule has 0 aliphatic rings. The van der Waals surface area contributed by atoms with Crippen molar-refractivity contribution in [2.45, 2.75) is 40.2 Å². The van der Waals surface area contributed by atoms with Crippen LogP contribution in [0.25, 0.3) is 32.7 Å². The van der Waals surface area contributed by atoms with Crippen LogP contribution in [0.3, 0.4) is 0 Å². The van der Waals surface area contributed by atoms with Crippen molar-refractivity contribution in [3.63, 3.8) is 0 Å². The lowest BCUT2D eigenvalue weighted by Crippen LogP contribution is -2.42. The molecule has 0 saturated carbocycles. The number of hydrogen-bond donors (Lipinski definition) is 0. The van der Waals surface area contributed by atoms with Gasteiger partial charge in [-0.3, -0.25) is 0 Å². The van der Waals surface area contributed by atoms with Gasteiger partial charge in [0, 0.05) is 16.2 Å². The molecule has 0 N–H and O–H groups in total. The average molecular weight is 378 g/mol. The number of rotatable bonds is 3. The molecule has 4 aromatic rings. The number of benzene rings is 3. The third-order valence-corrected chi connectivity index (χ3v) is 6.08. The molecular weight excluding hydrogens is 355 g/mol. The summed E-state index contributed by atoms with van der Waals surface area (Å²) in [5, 5.41) is 4.89. The molecule has 4 heteroatoms. The highest BCUT2D eigenvalue weighted by molar-refractivity contribution is 6.54. The fourth-order valence-electron chi connectivity index (χ4n) is 3.09. The Morgan fingerprint density at radius 3 is 2.33 bits per heavy atom. The molecule has 0 amide bonds. The standard InChI is InChI=1S/C23H23BClO2/c1-22(2,3)23(4,5)27-24-17-12-13-18(25)21-19(17)16-11-10-14-8-6-7-9-15(14)20(16)26-21/h6-13H,1-5H3. The van der Waals surface area contributed by atoms with E-state index in [4.69, 9.17) is 20.7 Å². The Morgan fingerprint density at radius 1 is 0.852 bits per heavy atom. The number of fused-ring (bicyclic) bond motifs is 5. The van der Waals surface area contributed by atoms with Gasteiger partial charge in [-0.05, 0) is 42.2 Å². The van der Waals surface area contributed by atoms with Crippen LogP contribution in [0.5, 0.6) is 0 Å². The van der Waals surface area contributed by atoms with E-state index >= 15 is 0 Å². The Morgan fingerprint density at radius 2 is 1.59 bits per heavy atom. The van der Waals surface area contributed by atoms with Crippen molar-refractivity contribution in [1.82, 2.24) is 0 Å². The highest BCUT2D eigenvalue weighted by Gasteiger charge is 2.33. The fourth-order valence-corrected chi connectivity index (χ4v) is 3.28. The quantitative estimate of drug-likeness (QED) is 0.381. The smallest absolute Gasteiger partial charge is 0.331 e. The van der Waals surface area contributed by atoms with E-state index in [-0.39, 0.29) is 11.0 Å². The molecule has 27 heavy (non-hydrogen) atoms. The minimum absolute atomic E-state index is 0.00368. The van der Waals surface area contributed by atoms with Crippen LogP contribution in [0.15, 0.2) is 52.9 Å². The molecule has 0 aliphatic heterocycles. The molecule has 0 bridgehead atoms. The molecule has 2 nitrogen and oxygen atoms in total. The summed E-state index contributed by atoms with van der Waals surface area (Å²) < 4.78 is 12.5. The monoisotopic (exact) mass is 377 g/mol. The van der Waals surface area contributed by atoms with E-state index in [0.29, 0.717) is 10.6 Å². The maximum absolute atomic E-state index is 6.47. The Balaban J connectivity index is 1.89. The molecule has 1 radical (unpaired) electrons. The van der Waals surface area contributed by atoms with Crippen LogP contribution in [0.2, 0.25) is 5.02 Å². The Hall–Kier alpha value is -1.97. The first-order valence-corrected chi connectivity index (χ1v) is 9.60. The predicted octanol–water partition coefficient (Wildman–Crippen LogP) is 6.48. The van der Waals surface area contributed by atoms with E-state index in [0.717, 1.165) is 32.6 Å². The molecule has 3 aromatic carbocycles. The Kier molecular flexibility index (Phi) is 4.29. The van der Waals surface area contributed by atoms with Crippen molar-refractivity contribution in [3.05, 3.63) is 53.6 Å². The molecule has 0 unspecified atom stereocenters. The van der Waals surface area contributed by atoms with Gasteiger partial charge in [0.25, 0.3) is 0 Å². The second-order valence-electron chi connectivity index (χ2n) is 8.60. The van der Waals surface area contributed by atoms with Gasteiger partial charge >= 0.3 is 7.48 Å². The van der Waals surface area contributed by atoms with Crippen molar-refractivity contribution in [2.75, 3.05) is 0 Å². The summed E-state index contributed by atoms with van der Waals surface area (Å²) in [4.78, 5) is 0. The van der Waals surface area contributed by atoms with E-state index in [9.17, 15) is 0 Å². The molecule has 137 valence electrons. The number of halogens is 1. The minimum atomic E-state index is -0.314. The maximum Gasteiger partial charge on any atom is 0.331 e. The molecule has 1 aromatic heterocycles. The summed E-state index contributed by atoms with van der Waals surface area (Å²) in [6.07, 6.45) is 0. The van der Waals surface area contributed by atoms with Crippen LogP contribution in [0.4, 0.5) is 0 Å². The van der Waals surface area contributed by atoms with E-state index < -0.39 is 0 Å². The van der Waals surface area contributed by atoms with Crippen LogP contribution in [0.1, 0.15) is 34.6 Å². The Bertz CT molecular complexity index is 1150. The fraction of sp³-hybridized carbons (Fsp3) is 0.304. The lowest BCUT2D eigenvalue weighted by molar-refractivity contribution is 0.00508. The molecule has 1 heterocycles. The lowest BCUT2D eigenvalue weighted by atomic mass is 9.76. The van der Waals surface area contributed by atoms with Gasteiger partial charge in [-0.25, -0.2) is 0 Å². The van der Waals surface area contributed by atoms with E-state index in [2.05, 4.69) is 58.9 Å². The van der Waals surface area contributed by atoms with E-state index in [1.165, 1.54) is 0 Å². The zero-order valence-electron chi connectivity index (χ0n) is 16.4. The van der Waals surface area contributed by atoms with Gasteiger partial charge in [-0.1, -0.05) is 68.8 Å². The van der Waals surface area contributed by atoms with Crippen LogP contribution in [-0.2, 0) is 4.65 Å². The van der Waals surface area contributed by atoms with Gasteiger partial charge in [0.1, 0.15) is 5.58 Å². The minimum Gasteiger partial charge on any atom is -0.454 e. The molecule has 0 aliphatic carbocycles. The normalized spacial score (nSPS) is 13.0. The average Bonchev–Trinajstić information content (AvgIpc) is 3.01. The lowest BCUT2D eigenvalue weighted by Gasteiger charge is -2.39. The van der Waals surface area contributed by atoms with Gasteiger partial charge in [0.2, 0.25) is 0 Å². The maximum atomic E-state index is 6.47. The second-order valence-corrected chi connectivity index (χ2v) is 9.01. The van der Waals surface area contributed by atoms with Gasteiger partial charge < -0.3 is 9.07 Å². The largest absolute Gasteiger partial charge is 0.454 e. The predicted molar refractivity (Wildman–Crippen MR) is 116 cm³/mol. The second kappa shape index (κ2) is 6.29. The third-order valence-electron chi connectivity index (χ3n) is 5.78. The van der Waals surface area contributed by atoms with Gasteiger partial charge in [-0.15, -0.1) is 0 Å². The number of furan rings is 1. The molecular formula is C23H23BClO2. The zero-order chi connectivity index (χ0) is 19.4. The van der Waals surface area contributed by atoms with E-state index in [1.54, 1.807) is 0 Å². The highest BCUT2D eigenvalue weighted by atomic mass is 35.5. The summed E-state index contributed by atoms with van der Waals surface area (Å²) in [5.41, 5.74) is 2.23. The summed E-state index contributed by atoms with van der Waals surface area (Å²) >= 11 is 6.47. The Labute approximate surface area is 165 Å². The summed E-state index contributed by atoms with van der Waals surface area (Å²) in [7, 11) is 1.84. The first-order chi connectivity index (χ1) is 12.7. The first-order valence-electron chi connectivity index (χ1n) is 9.22. The third kappa shape index (κ3) is 3.03. The van der Waals surface area contributed by atoms with Crippen molar-refractivity contribution in [1.29, 1.82) is 0 Å². The molecule has 0 saturated heterocycles. The van der Waals surface area contributed by atoms with Crippen molar-refractivity contribution in [2.24, 2.45) is 5.41 Å².